The van der Waals surface area contributed by atoms with Crippen LogP contribution in [0.4, 0.5) is 11.5 Å². The van der Waals surface area contributed by atoms with Gasteiger partial charge in [0.15, 0.2) is 6.10 Å². The first-order valence-corrected chi connectivity index (χ1v) is 11.5. The van der Waals surface area contributed by atoms with E-state index in [2.05, 4.69) is 30.7 Å². The molecule has 5 rings (SSSR count). The second-order valence-corrected chi connectivity index (χ2v) is 8.17. The van der Waals surface area contributed by atoms with Crippen LogP contribution >= 0.6 is 0 Å². The molecule has 0 aliphatic carbocycles. The highest BCUT2D eigenvalue weighted by Gasteiger charge is 2.18. The zero-order valence-corrected chi connectivity index (χ0v) is 19.6. The molecule has 0 fully saturated rings. The summed E-state index contributed by atoms with van der Waals surface area (Å²) in [6, 6.07) is 17.2. The van der Waals surface area contributed by atoms with E-state index in [4.69, 9.17) is 9.84 Å². The molecule has 1 atom stereocenters. The van der Waals surface area contributed by atoms with Gasteiger partial charge in [-0.15, -0.1) is 0 Å². The Kier molecular flexibility index (Phi) is 6.67. The molecule has 0 spiro atoms. The number of hydrogen-bond donors (Lipinski definition) is 3. The molecular weight excluding hydrogens is 458 g/mol. The lowest BCUT2D eigenvalue weighted by Crippen LogP contribution is -2.37. The third kappa shape index (κ3) is 4.93. The highest BCUT2D eigenvalue weighted by Crippen LogP contribution is 2.32. The van der Waals surface area contributed by atoms with Gasteiger partial charge < -0.3 is 20.5 Å². The van der Waals surface area contributed by atoms with Crippen LogP contribution in [0.1, 0.15) is 12.6 Å². The molecule has 10 heteroatoms. The fraction of sp³-hybridized carbons (Fsp3) is 0.192. The molecular formula is C26H25N7O3. The second kappa shape index (κ2) is 10.4. The number of pyridine rings is 1. The number of nitrogens with one attached hydrogen (secondary N) is 2. The number of amides is 1. The number of fused-ring (bicyclic) bond motifs is 2. The average molecular weight is 484 g/mol. The Hall–Kier alpha value is -4.57. The maximum atomic E-state index is 12.3. The number of carbonyl (C=O) groups is 1. The predicted molar refractivity (Wildman–Crippen MR) is 136 cm³/mol. The van der Waals surface area contributed by atoms with Crippen molar-refractivity contribution in [3.8, 4) is 5.75 Å². The van der Waals surface area contributed by atoms with E-state index in [-0.39, 0.29) is 19.1 Å². The molecule has 0 aliphatic heterocycles. The van der Waals surface area contributed by atoms with Gasteiger partial charge in [-0.2, -0.15) is 5.10 Å². The summed E-state index contributed by atoms with van der Waals surface area (Å²) < 4.78 is 7.88. The Morgan fingerprint density at radius 1 is 1.11 bits per heavy atom. The largest absolute Gasteiger partial charge is 0.480 e. The maximum Gasteiger partial charge on any atom is 0.260 e. The first-order chi connectivity index (χ1) is 17.6. The summed E-state index contributed by atoms with van der Waals surface area (Å²) in [6.45, 7) is 2.26. The molecule has 1 amide bonds. The third-order valence-electron chi connectivity index (χ3n) is 5.65. The molecule has 182 valence electrons. The number of rotatable bonds is 9. The number of hydrogen-bond acceptors (Lipinski definition) is 8. The quantitative estimate of drug-likeness (QED) is 0.292. The van der Waals surface area contributed by atoms with E-state index in [1.165, 1.54) is 6.33 Å². The molecule has 36 heavy (non-hydrogen) atoms. The molecule has 10 nitrogen and oxygen atoms in total. The van der Waals surface area contributed by atoms with Crippen molar-refractivity contribution in [1.29, 1.82) is 0 Å². The Balaban J connectivity index is 1.42. The number of aliphatic hydroxyl groups excluding tert-OH is 1. The van der Waals surface area contributed by atoms with E-state index in [1.54, 1.807) is 19.2 Å². The van der Waals surface area contributed by atoms with Crippen LogP contribution in [0.15, 0.2) is 73.3 Å². The smallest absolute Gasteiger partial charge is 0.260 e. The molecule has 5 aromatic rings. The van der Waals surface area contributed by atoms with Gasteiger partial charge in [-0.3, -0.25) is 14.5 Å². The van der Waals surface area contributed by atoms with Crippen LogP contribution in [0.5, 0.6) is 5.75 Å². The minimum Gasteiger partial charge on any atom is -0.480 e. The fourth-order valence-electron chi connectivity index (χ4n) is 3.91. The van der Waals surface area contributed by atoms with E-state index in [0.29, 0.717) is 29.0 Å². The van der Waals surface area contributed by atoms with Gasteiger partial charge in [-0.05, 0) is 49.4 Å². The first-order valence-electron chi connectivity index (χ1n) is 11.5. The SMILES string of the molecule is CC(Oc1cccc2ncnc(Nc3ccc4c(cnn4Cc4ccccn4)c3)c12)C(=O)NCCO. The van der Waals surface area contributed by atoms with Crippen molar-refractivity contribution in [3.63, 3.8) is 0 Å². The van der Waals surface area contributed by atoms with Gasteiger partial charge in [-0.25, -0.2) is 9.97 Å². The zero-order chi connectivity index (χ0) is 24.9. The zero-order valence-electron chi connectivity index (χ0n) is 19.6. The van der Waals surface area contributed by atoms with Crippen LogP contribution in [0.25, 0.3) is 21.8 Å². The Morgan fingerprint density at radius 2 is 2.03 bits per heavy atom. The monoisotopic (exact) mass is 483 g/mol. The number of benzene rings is 2. The Morgan fingerprint density at radius 3 is 2.86 bits per heavy atom. The van der Waals surface area contributed by atoms with E-state index in [9.17, 15) is 4.79 Å². The molecule has 0 bridgehead atoms. The van der Waals surface area contributed by atoms with Crippen molar-refractivity contribution < 1.29 is 14.6 Å². The summed E-state index contributed by atoms with van der Waals surface area (Å²) in [6.07, 6.45) is 4.31. The molecule has 0 saturated heterocycles. The molecule has 3 heterocycles. The second-order valence-electron chi connectivity index (χ2n) is 8.17. The van der Waals surface area contributed by atoms with Gasteiger partial charge in [0.2, 0.25) is 0 Å². The van der Waals surface area contributed by atoms with E-state index >= 15 is 0 Å². The number of ether oxygens (including phenoxy) is 1. The number of aromatic nitrogens is 5. The van der Waals surface area contributed by atoms with Crippen molar-refractivity contribution in [2.45, 2.75) is 19.6 Å². The van der Waals surface area contributed by atoms with Gasteiger partial charge in [-0.1, -0.05) is 12.1 Å². The molecule has 1 unspecified atom stereocenters. The number of aliphatic hydroxyl groups is 1. The van der Waals surface area contributed by atoms with Gasteiger partial charge in [0, 0.05) is 23.8 Å². The molecule has 2 aromatic carbocycles. The van der Waals surface area contributed by atoms with Crippen LogP contribution in [0, 0.1) is 0 Å². The minimum atomic E-state index is -0.767. The van der Waals surface area contributed by atoms with Crippen molar-refractivity contribution >= 4 is 39.2 Å². The lowest BCUT2D eigenvalue weighted by atomic mass is 10.2. The van der Waals surface area contributed by atoms with Crippen LogP contribution in [-0.4, -0.2) is 55.0 Å². The number of carbonyl (C=O) groups excluding carboxylic acids is 1. The molecule has 0 aliphatic rings. The summed E-state index contributed by atoms with van der Waals surface area (Å²) in [5.41, 5.74) is 3.43. The maximum absolute atomic E-state index is 12.3. The summed E-state index contributed by atoms with van der Waals surface area (Å²) in [4.78, 5) is 25.4. The van der Waals surface area contributed by atoms with Gasteiger partial charge in [0.25, 0.3) is 5.91 Å². The lowest BCUT2D eigenvalue weighted by Gasteiger charge is -2.17. The molecule has 0 radical (unpaired) electrons. The topological polar surface area (TPSA) is 127 Å². The Labute approximate surface area is 207 Å². The number of anilines is 2. The summed E-state index contributed by atoms with van der Waals surface area (Å²) >= 11 is 0. The predicted octanol–water partition coefficient (Wildman–Crippen LogP) is 3.04. The van der Waals surface area contributed by atoms with Gasteiger partial charge >= 0.3 is 0 Å². The van der Waals surface area contributed by atoms with Crippen LogP contribution < -0.4 is 15.4 Å². The van der Waals surface area contributed by atoms with E-state index in [1.807, 2.05) is 59.4 Å². The standard InChI is InChI=1S/C26H25N7O3/c1-17(26(35)28-11-12-34)36-23-7-4-6-21-24(23)25(30-16-29-21)32-19-8-9-22-18(13-19)14-31-33(22)15-20-5-2-3-10-27-20/h2-10,13-14,16-17,34H,11-12,15H2,1H3,(H,28,35)(H,29,30,32). The molecule has 3 N–H and O–H groups in total. The van der Waals surface area contributed by atoms with Crippen LogP contribution in [0.2, 0.25) is 0 Å². The minimum absolute atomic E-state index is 0.138. The average Bonchev–Trinajstić information content (AvgIpc) is 3.29. The highest BCUT2D eigenvalue weighted by molar-refractivity contribution is 5.96. The van der Waals surface area contributed by atoms with Crippen molar-refractivity contribution in [2.75, 3.05) is 18.5 Å². The first kappa shape index (κ1) is 23.2. The molecule has 0 saturated carbocycles. The van der Waals surface area contributed by atoms with Crippen LogP contribution in [-0.2, 0) is 11.3 Å². The summed E-state index contributed by atoms with van der Waals surface area (Å²) in [5, 5.41) is 21.1. The summed E-state index contributed by atoms with van der Waals surface area (Å²) in [5.74, 6) is 0.714. The third-order valence-corrected chi connectivity index (χ3v) is 5.65. The van der Waals surface area contributed by atoms with Crippen molar-refractivity contribution in [1.82, 2.24) is 30.0 Å². The normalized spacial score (nSPS) is 11.9. The highest BCUT2D eigenvalue weighted by atomic mass is 16.5. The molecule has 3 aromatic heterocycles. The Bertz CT molecular complexity index is 1500. The van der Waals surface area contributed by atoms with Gasteiger partial charge in [0.1, 0.15) is 17.9 Å². The van der Waals surface area contributed by atoms with Gasteiger partial charge in [0.05, 0.1) is 41.5 Å². The van der Waals surface area contributed by atoms with E-state index in [0.717, 1.165) is 22.3 Å². The lowest BCUT2D eigenvalue weighted by molar-refractivity contribution is -0.127. The van der Waals surface area contributed by atoms with Crippen molar-refractivity contribution in [2.24, 2.45) is 0 Å². The fourth-order valence-corrected chi connectivity index (χ4v) is 3.91. The number of nitrogens with zero attached hydrogens (tertiary/aromatic N) is 5. The van der Waals surface area contributed by atoms with Crippen molar-refractivity contribution in [3.05, 3.63) is 79.0 Å². The van der Waals surface area contributed by atoms with Crippen LogP contribution in [0.3, 0.4) is 0 Å². The summed E-state index contributed by atoms with van der Waals surface area (Å²) in [7, 11) is 0. The van der Waals surface area contributed by atoms with E-state index < -0.39 is 6.10 Å².